The Morgan fingerprint density at radius 1 is 1.00 bits per heavy atom. The van der Waals surface area contributed by atoms with Crippen LogP contribution in [0.4, 0.5) is 9.18 Å². The number of hydrogen-bond acceptors (Lipinski definition) is 4. The minimum atomic E-state index is -0.564. The highest BCUT2D eigenvalue weighted by Crippen LogP contribution is 2.38. The first-order valence-corrected chi connectivity index (χ1v) is 11.0. The van der Waals surface area contributed by atoms with Gasteiger partial charge in [0.05, 0.1) is 18.2 Å². The SMILES string of the molecule is CC1=C(c2nc(-c3ccccc3)no2)C(c2ccc(F)cc2)NC(=O)N1Cc1cccc(C)c1. The van der Waals surface area contributed by atoms with Crippen LogP contribution in [0.25, 0.3) is 17.0 Å². The van der Waals surface area contributed by atoms with Crippen LogP contribution >= 0.6 is 0 Å². The average Bonchev–Trinajstić information content (AvgIpc) is 3.32. The van der Waals surface area contributed by atoms with Crippen molar-refractivity contribution in [2.75, 3.05) is 0 Å². The lowest BCUT2D eigenvalue weighted by atomic mass is 9.94. The maximum atomic E-state index is 13.6. The molecule has 0 saturated heterocycles. The number of halogens is 1. The number of benzene rings is 3. The molecule has 3 aromatic carbocycles. The van der Waals surface area contributed by atoms with E-state index in [2.05, 4.69) is 15.5 Å². The molecule has 1 aromatic heterocycles. The summed E-state index contributed by atoms with van der Waals surface area (Å²) >= 11 is 0. The van der Waals surface area contributed by atoms with E-state index in [0.717, 1.165) is 22.3 Å². The molecule has 5 rings (SSSR count). The first kappa shape index (κ1) is 21.6. The maximum Gasteiger partial charge on any atom is 0.322 e. The number of nitrogens with zero attached hydrogens (tertiary/aromatic N) is 3. The van der Waals surface area contributed by atoms with Crippen LogP contribution in [0.1, 0.15) is 35.5 Å². The van der Waals surface area contributed by atoms with Gasteiger partial charge in [0.1, 0.15) is 5.82 Å². The number of carbonyl (C=O) groups excluding carboxylic acids is 1. The molecule has 4 aromatic rings. The molecular formula is C27H23FN4O2. The number of urea groups is 1. The van der Waals surface area contributed by atoms with Gasteiger partial charge in [0, 0.05) is 11.3 Å². The molecule has 7 heteroatoms. The summed E-state index contributed by atoms with van der Waals surface area (Å²) in [6.45, 7) is 4.27. The largest absolute Gasteiger partial charge is 0.334 e. The third-order valence-electron chi connectivity index (χ3n) is 5.91. The van der Waals surface area contributed by atoms with Crippen molar-refractivity contribution < 1.29 is 13.7 Å². The van der Waals surface area contributed by atoms with Crippen LogP contribution < -0.4 is 5.32 Å². The number of hydrogen-bond donors (Lipinski definition) is 1. The van der Waals surface area contributed by atoms with Crippen molar-refractivity contribution in [1.82, 2.24) is 20.4 Å². The second-order valence-corrected chi connectivity index (χ2v) is 8.30. The summed E-state index contributed by atoms with van der Waals surface area (Å²) < 4.78 is 19.3. The zero-order chi connectivity index (χ0) is 23.7. The second-order valence-electron chi connectivity index (χ2n) is 8.30. The van der Waals surface area contributed by atoms with E-state index in [1.807, 2.05) is 68.4 Å². The molecule has 1 unspecified atom stereocenters. The second kappa shape index (κ2) is 8.94. The molecule has 2 heterocycles. The van der Waals surface area contributed by atoms with Crippen LogP contribution in [0.3, 0.4) is 0 Å². The van der Waals surface area contributed by atoms with Crippen LogP contribution in [0.2, 0.25) is 0 Å². The minimum absolute atomic E-state index is 0.250. The lowest BCUT2D eigenvalue weighted by molar-refractivity contribution is 0.203. The standard InChI is InChI=1S/C27H23FN4O2/c1-17-7-6-8-19(15-17)16-32-18(2)23(24(29-27(32)33)20-11-13-22(28)14-12-20)26-30-25(31-34-26)21-9-4-3-5-10-21/h3-15,24H,16H2,1-2H3,(H,29,33). The normalized spacial score (nSPS) is 16.0. The maximum absolute atomic E-state index is 13.6. The topological polar surface area (TPSA) is 71.3 Å². The van der Waals surface area contributed by atoms with E-state index in [1.165, 1.54) is 12.1 Å². The van der Waals surface area contributed by atoms with E-state index in [-0.39, 0.29) is 11.8 Å². The molecule has 170 valence electrons. The van der Waals surface area contributed by atoms with Crippen molar-refractivity contribution in [3.8, 4) is 11.4 Å². The Kier molecular flexibility index (Phi) is 5.67. The first-order valence-electron chi connectivity index (χ1n) is 11.0. The van der Waals surface area contributed by atoms with Crippen LogP contribution in [0.15, 0.2) is 89.1 Å². The number of rotatable bonds is 5. The fraction of sp³-hybridized carbons (Fsp3) is 0.148. The van der Waals surface area contributed by atoms with E-state index in [1.54, 1.807) is 17.0 Å². The molecule has 0 bridgehead atoms. The Hall–Kier alpha value is -4.26. The van der Waals surface area contributed by atoms with Crippen molar-refractivity contribution in [1.29, 1.82) is 0 Å². The fourth-order valence-corrected chi connectivity index (χ4v) is 4.18. The van der Waals surface area contributed by atoms with E-state index in [9.17, 15) is 9.18 Å². The summed E-state index contributed by atoms with van der Waals surface area (Å²) in [5.74, 6) is 0.411. The molecule has 0 aliphatic carbocycles. The Bertz CT molecular complexity index is 1360. The van der Waals surface area contributed by atoms with Gasteiger partial charge in [-0.15, -0.1) is 0 Å². The molecular weight excluding hydrogens is 431 g/mol. The fourth-order valence-electron chi connectivity index (χ4n) is 4.18. The van der Waals surface area contributed by atoms with Crippen molar-refractivity contribution in [3.63, 3.8) is 0 Å². The summed E-state index contributed by atoms with van der Waals surface area (Å²) in [6, 6.07) is 22.8. The lowest BCUT2D eigenvalue weighted by Crippen LogP contribution is -2.45. The molecule has 1 atom stereocenters. The third-order valence-corrected chi connectivity index (χ3v) is 5.91. The smallest absolute Gasteiger partial charge is 0.322 e. The van der Waals surface area contributed by atoms with Gasteiger partial charge in [-0.3, -0.25) is 4.90 Å². The van der Waals surface area contributed by atoms with Gasteiger partial charge >= 0.3 is 6.03 Å². The molecule has 0 spiro atoms. The van der Waals surface area contributed by atoms with Gasteiger partial charge in [0.15, 0.2) is 0 Å². The molecule has 0 fully saturated rings. The van der Waals surface area contributed by atoms with Crippen molar-refractivity contribution in [2.24, 2.45) is 0 Å². The van der Waals surface area contributed by atoms with Crippen LogP contribution in [-0.2, 0) is 6.54 Å². The first-order chi connectivity index (χ1) is 16.5. The Balaban J connectivity index is 1.60. The van der Waals surface area contributed by atoms with Crippen molar-refractivity contribution >= 4 is 11.6 Å². The van der Waals surface area contributed by atoms with Gasteiger partial charge in [-0.05, 0) is 37.1 Å². The minimum Gasteiger partial charge on any atom is -0.334 e. The molecule has 0 radical (unpaired) electrons. The van der Waals surface area contributed by atoms with Crippen LogP contribution in [-0.4, -0.2) is 21.1 Å². The summed E-state index contributed by atoms with van der Waals surface area (Å²) in [7, 11) is 0. The molecule has 1 aliphatic heterocycles. The quantitative estimate of drug-likeness (QED) is 0.409. The van der Waals surface area contributed by atoms with E-state index < -0.39 is 6.04 Å². The van der Waals surface area contributed by atoms with Crippen LogP contribution in [0.5, 0.6) is 0 Å². The number of amides is 2. The predicted molar refractivity (Wildman–Crippen MR) is 127 cm³/mol. The zero-order valence-electron chi connectivity index (χ0n) is 18.8. The van der Waals surface area contributed by atoms with E-state index in [4.69, 9.17) is 4.52 Å². The van der Waals surface area contributed by atoms with Gasteiger partial charge in [-0.1, -0.05) is 77.5 Å². The highest BCUT2D eigenvalue weighted by molar-refractivity contribution is 5.86. The zero-order valence-corrected chi connectivity index (χ0v) is 18.8. The van der Waals surface area contributed by atoms with Gasteiger partial charge in [-0.25, -0.2) is 9.18 Å². The number of carbonyl (C=O) groups is 1. The number of aryl methyl sites for hydroxylation is 1. The van der Waals surface area contributed by atoms with E-state index >= 15 is 0 Å². The molecule has 6 nitrogen and oxygen atoms in total. The highest BCUT2D eigenvalue weighted by atomic mass is 19.1. The number of allylic oxidation sites excluding steroid dienone is 1. The van der Waals surface area contributed by atoms with Crippen molar-refractivity contribution in [3.05, 3.63) is 113 Å². The summed E-state index contributed by atoms with van der Waals surface area (Å²) in [6.07, 6.45) is 0. The highest BCUT2D eigenvalue weighted by Gasteiger charge is 2.35. The van der Waals surface area contributed by atoms with Gasteiger partial charge < -0.3 is 9.84 Å². The van der Waals surface area contributed by atoms with Gasteiger partial charge in [0.25, 0.3) is 5.89 Å². The molecule has 0 saturated carbocycles. The lowest BCUT2D eigenvalue weighted by Gasteiger charge is -2.35. The molecule has 1 aliphatic rings. The monoisotopic (exact) mass is 454 g/mol. The Morgan fingerprint density at radius 3 is 2.50 bits per heavy atom. The van der Waals surface area contributed by atoms with Gasteiger partial charge in [0.2, 0.25) is 5.82 Å². The third kappa shape index (κ3) is 4.20. The van der Waals surface area contributed by atoms with Crippen molar-refractivity contribution in [2.45, 2.75) is 26.4 Å². The summed E-state index contributed by atoms with van der Waals surface area (Å²) in [5.41, 5.74) is 5.04. The predicted octanol–water partition coefficient (Wildman–Crippen LogP) is 5.88. The molecule has 2 amide bonds. The molecule has 1 N–H and O–H groups in total. The average molecular weight is 455 g/mol. The van der Waals surface area contributed by atoms with Gasteiger partial charge in [-0.2, -0.15) is 4.98 Å². The number of nitrogens with one attached hydrogen (secondary N) is 1. The summed E-state index contributed by atoms with van der Waals surface area (Å²) in [4.78, 5) is 19.5. The van der Waals surface area contributed by atoms with Crippen LogP contribution in [0, 0.1) is 12.7 Å². The Morgan fingerprint density at radius 2 is 1.76 bits per heavy atom. The summed E-state index contributed by atoms with van der Waals surface area (Å²) in [5, 5.41) is 7.21. The van der Waals surface area contributed by atoms with E-state index in [0.29, 0.717) is 29.5 Å². The Labute approximate surface area is 196 Å². The number of aromatic nitrogens is 2. The molecule has 34 heavy (non-hydrogen) atoms.